The van der Waals surface area contributed by atoms with E-state index in [2.05, 4.69) is 33.0 Å². The Labute approximate surface area is 264 Å². The van der Waals surface area contributed by atoms with E-state index in [1.807, 2.05) is 24.3 Å². The molecule has 0 bridgehead atoms. The van der Waals surface area contributed by atoms with Crippen molar-refractivity contribution >= 4 is 39.3 Å². The van der Waals surface area contributed by atoms with Crippen molar-refractivity contribution in [2.24, 2.45) is 17.8 Å². The topological polar surface area (TPSA) is 104 Å². The minimum absolute atomic E-state index is 0.0297. The lowest BCUT2D eigenvalue weighted by molar-refractivity contribution is -0.144. The van der Waals surface area contributed by atoms with Gasteiger partial charge in [-0.05, 0) is 71.3 Å². The van der Waals surface area contributed by atoms with E-state index in [0.717, 1.165) is 38.0 Å². The molecule has 8 nitrogen and oxygen atoms in total. The fourth-order valence-electron chi connectivity index (χ4n) is 8.01. The molecule has 0 radical (unpaired) electrons. The lowest BCUT2D eigenvalue weighted by Gasteiger charge is -2.42. The number of likely N-dealkylation sites (tertiary alicyclic amines) is 2. The van der Waals surface area contributed by atoms with Gasteiger partial charge in [0, 0.05) is 54.4 Å². The van der Waals surface area contributed by atoms with E-state index in [1.165, 1.54) is 29.7 Å². The van der Waals surface area contributed by atoms with Gasteiger partial charge in [0.15, 0.2) is 11.6 Å². The highest BCUT2D eigenvalue weighted by atomic mass is 79.9. The Bertz CT molecular complexity index is 1670. The third kappa shape index (κ3) is 4.68. The Morgan fingerprint density at radius 3 is 2.45 bits per heavy atom. The van der Waals surface area contributed by atoms with Crippen molar-refractivity contribution in [2.45, 2.75) is 44.2 Å². The van der Waals surface area contributed by atoms with Crippen molar-refractivity contribution in [3.63, 3.8) is 0 Å². The number of phenols is 1. The number of benzene rings is 2. The van der Waals surface area contributed by atoms with Crippen molar-refractivity contribution in [1.29, 1.82) is 0 Å². The third-order valence-electron chi connectivity index (χ3n) is 10.1. The normalized spacial score (nSPS) is 27.5. The van der Waals surface area contributed by atoms with Gasteiger partial charge in [0.05, 0.1) is 23.4 Å². The van der Waals surface area contributed by atoms with E-state index < -0.39 is 23.7 Å². The first-order valence-corrected chi connectivity index (χ1v) is 16.0. The average Bonchev–Trinajstić information content (AvgIpc) is 3.29. The van der Waals surface area contributed by atoms with Crippen LogP contribution < -0.4 is 4.74 Å². The van der Waals surface area contributed by atoms with Crippen LogP contribution >= 0.6 is 15.9 Å². The number of amides is 2. The summed E-state index contributed by atoms with van der Waals surface area (Å²) in [5, 5.41) is 11.0. The van der Waals surface area contributed by atoms with Gasteiger partial charge in [-0.1, -0.05) is 42.0 Å². The predicted molar refractivity (Wildman–Crippen MR) is 166 cm³/mol. The van der Waals surface area contributed by atoms with Gasteiger partial charge >= 0.3 is 0 Å². The Hall–Kier alpha value is -3.82. The van der Waals surface area contributed by atoms with Crippen LogP contribution in [0.2, 0.25) is 0 Å². The maximum absolute atomic E-state index is 14.3. The number of piperidine rings is 1. The number of ketones is 2. The van der Waals surface area contributed by atoms with Gasteiger partial charge in [-0.2, -0.15) is 0 Å². The molecule has 44 heavy (non-hydrogen) atoms. The summed E-state index contributed by atoms with van der Waals surface area (Å²) in [5.74, 6) is -2.76. The Morgan fingerprint density at radius 2 is 1.73 bits per heavy atom. The Balaban J connectivity index is 1.20. The summed E-state index contributed by atoms with van der Waals surface area (Å²) < 4.78 is 5.61. The lowest BCUT2D eigenvalue weighted by atomic mass is 9.59. The van der Waals surface area contributed by atoms with Crippen LogP contribution in [0.5, 0.6) is 11.5 Å². The predicted octanol–water partition coefficient (Wildman–Crippen LogP) is 4.83. The molecule has 2 amide bonds. The van der Waals surface area contributed by atoms with Crippen LogP contribution in [0.4, 0.5) is 0 Å². The van der Waals surface area contributed by atoms with Crippen molar-refractivity contribution in [3.8, 4) is 11.5 Å². The highest BCUT2D eigenvalue weighted by molar-refractivity contribution is 9.12. The molecule has 7 rings (SSSR count). The van der Waals surface area contributed by atoms with Crippen LogP contribution in [-0.4, -0.2) is 64.5 Å². The van der Waals surface area contributed by atoms with Crippen molar-refractivity contribution in [1.82, 2.24) is 9.80 Å². The molecule has 9 heteroatoms. The molecular weight excluding hydrogens is 624 g/mol. The number of allylic oxidation sites excluding steroid dienone is 6. The number of ether oxygens (including phenoxy) is 1. The second kappa shape index (κ2) is 11.3. The second-order valence-electron chi connectivity index (χ2n) is 12.4. The molecule has 2 saturated heterocycles. The van der Waals surface area contributed by atoms with E-state index in [4.69, 9.17) is 4.74 Å². The van der Waals surface area contributed by atoms with Crippen LogP contribution in [0.1, 0.15) is 42.7 Å². The lowest BCUT2D eigenvalue weighted by Crippen LogP contribution is -2.47. The minimum atomic E-state index is -0.730. The van der Waals surface area contributed by atoms with E-state index in [1.54, 1.807) is 12.1 Å². The molecule has 2 aromatic rings. The zero-order valence-corrected chi connectivity index (χ0v) is 26.0. The SMILES string of the molecule is COc1ccc(O)c(C2C3=CCC4C(=O)N(C5CCN(Cc6ccccc6)CC5)C(=O)C4C3CC3=C2C(=O)C=C(Br)C3=O)c1. The summed E-state index contributed by atoms with van der Waals surface area (Å²) >= 11 is 3.26. The number of carbonyl (C=O) groups is 4. The Kier molecular flexibility index (Phi) is 7.41. The molecule has 2 fully saturated rings. The van der Waals surface area contributed by atoms with Gasteiger partial charge in [0.1, 0.15) is 11.5 Å². The van der Waals surface area contributed by atoms with E-state index in [-0.39, 0.29) is 46.1 Å². The van der Waals surface area contributed by atoms with Crippen molar-refractivity contribution < 1.29 is 29.0 Å². The van der Waals surface area contributed by atoms with E-state index in [0.29, 0.717) is 28.9 Å². The van der Waals surface area contributed by atoms with E-state index in [9.17, 15) is 24.3 Å². The summed E-state index contributed by atoms with van der Waals surface area (Å²) in [4.78, 5) is 59.0. The highest BCUT2D eigenvalue weighted by Crippen LogP contribution is 2.56. The quantitative estimate of drug-likeness (QED) is 0.279. The second-order valence-corrected chi connectivity index (χ2v) is 13.2. The number of phenolic OH excluding ortho intramolecular Hbond substituents is 1. The fraction of sp³-hybridized carbons (Fsp3) is 0.371. The van der Waals surface area contributed by atoms with Gasteiger partial charge in [-0.3, -0.25) is 29.0 Å². The van der Waals surface area contributed by atoms with Gasteiger partial charge in [0.25, 0.3) is 0 Å². The molecule has 2 aromatic carbocycles. The number of nitrogens with zero attached hydrogens (tertiary/aromatic N) is 2. The number of halogens is 1. The zero-order valence-electron chi connectivity index (χ0n) is 24.4. The molecule has 1 N–H and O–H groups in total. The molecule has 0 spiro atoms. The van der Waals surface area contributed by atoms with Crippen LogP contribution in [0.3, 0.4) is 0 Å². The van der Waals surface area contributed by atoms with Gasteiger partial charge < -0.3 is 9.84 Å². The summed E-state index contributed by atoms with van der Waals surface area (Å²) in [6.07, 6.45) is 5.26. The molecule has 2 aliphatic heterocycles. The monoisotopic (exact) mass is 656 g/mol. The van der Waals surface area contributed by atoms with Crippen LogP contribution in [0.15, 0.2) is 81.9 Å². The maximum atomic E-state index is 14.3. The van der Waals surface area contributed by atoms with Crippen LogP contribution in [0, 0.1) is 17.8 Å². The summed E-state index contributed by atoms with van der Waals surface area (Å²) in [6.45, 7) is 2.43. The number of imide groups is 1. The molecular formula is C35H33BrN2O6. The van der Waals surface area contributed by atoms with Crippen LogP contribution in [-0.2, 0) is 25.7 Å². The first-order chi connectivity index (χ1) is 21.3. The first kappa shape index (κ1) is 28.9. The number of Topliss-reactive ketones (excluding diaryl/α,β-unsaturated/α-hetero) is 1. The van der Waals surface area contributed by atoms with Gasteiger partial charge in [-0.25, -0.2) is 0 Å². The number of hydrogen-bond acceptors (Lipinski definition) is 7. The molecule has 5 aliphatic rings. The molecule has 4 atom stereocenters. The van der Waals surface area contributed by atoms with Crippen molar-refractivity contribution in [2.75, 3.05) is 20.2 Å². The maximum Gasteiger partial charge on any atom is 0.233 e. The highest BCUT2D eigenvalue weighted by Gasteiger charge is 2.57. The molecule has 2 heterocycles. The number of aromatic hydroxyl groups is 1. The standard InChI is InChI=1S/C35H33BrN2O6/c1-44-21-7-10-28(39)25(15-21)30-22-8-9-23-31(24(22)16-26-32(30)29(40)17-27(36)33(26)41)35(43)38(34(23)42)20-11-13-37(14-12-20)18-19-5-3-2-4-6-19/h2-8,10,15,17,20,23-24,30-31,39H,9,11-14,16,18H2,1H3. The Morgan fingerprint density at radius 1 is 0.977 bits per heavy atom. The summed E-state index contributed by atoms with van der Waals surface area (Å²) in [7, 11) is 1.52. The molecule has 4 unspecified atom stereocenters. The van der Waals surface area contributed by atoms with Gasteiger partial charge in [0.2, 0.25) is 11.8 Å². The summed E-state index contributed by atoms with van der Waals surface area (Å²) in [6, 6.07) is 14.9. The van der Waals surface area contributed by atoms with Crippen LogP contribution in [0.25, 0.3) is 0 Å². The number of methoxy groups -OCH3 is 1. The largest absolute Gasteiger partial charge is 0.508 e. The molecule has 3 aliphatic carbocycles. The first-order valence-electron chi connectivity index (χ1n) is 15.2. The smallest absolute Gasteiger partial charge is 0.233 e. The van der Waals surface area contributed by atoms with Gasteiger partial charge in [-0.15, -0.1) is 0 Å². The zero-order chi connectivity index (χ0) is 30.7. The minimum Gasteiger partial charge on any atom is -0.508 e. The van der Waals surface area contributed by atoms with Crippen molar-refractivity contribution in [3.05, 3.63) is 93.0 Å². The number of fused-ring (bicyclic) bond motifs is 3. The van der Waals surface area contributed by atoms with E-state index >= 15 is 0 Å². The average molecular weight is 658 g/mol. The summed E-state index contributed by atoms with van der Waals surface area (Å²) in [5.41, 5.74) is 3.15. The third-order valence-corrected chi connectivity index (χ3v) is 10.7. The number of hydrogen-bond donors (Lipinski definition) is 1. The number of rotatable bonds is 5. The molecule has 0 saturated carbocycles. The fourth-order valence-corrected chi connectivity index (χ4v) is 8.46. The molecule has 226 valence electrons. The molecule has 0 aromatic heterocycles. The number of carbonyl (C=O) groups excluding carboxylic acids is 4.